The van der Waals surface area contributed by atoms with Gasteiger partial charge in [0.15, 0.2) is 0 Å². The molecule has 2 nitrogen and oxygen atoms in total. The monoisotopic (exact) mass is 287 g/mol. The van der Waals surface area contributed by atoms with Crippen molar-refractivity contribution in [3.8, 4) is 0 Å². The molecule has 2 aromatic carbocycles. The van der Waals surface area contributed by atoms with Crippen molar-refractivity contribution < 1.29 is 9.50 Å². The van der Waals surface area contributed by atoms with Gasteiger partial charge < -0.3 is 10.8 Å². The maximum absolute atomic E-state index is 14.2. The molecule has 0 aliphatic rings. The van der Waals surface area contributed by atoms with E-state index >= 15 is 0 Å². The average Bonchev–Trinajstić information content (AvgIpc) is 2.49. The maximum atomic E-state index is 14.2. The number of aliphatic hydroxyl groups excluding tert-OH is 1. The van der Waals surface area contributed by atoms with Crippen LogP contribution in [0, 0.1) is 19.7 Å². The van der Waals surface area contributed by atoms with Crippen LogP contribution in [0.1, 0.15) is 22.3 Å². The fourth-order valence-corrected chi connectivity index (χ4v) is 2.73. The Morgan fingerprint density at radius 3 is 2.48 bits per heavy atom. The van der Waals surface area contributed by atoms with Crippen molar-refractivity contribution in [2.45, 2.75) is 25.7 Å². The Labute approximate surface area is 125 Å². The van der Waals surface area contributed by atoms with Crippen LogP contribution < -0.4 is 5.73 Å². The molecule has 1 atom stereocenters. The van der Waals surface area contributed by atoms with Gasteiger partial charge in [0.1, 0.15) is 5.82 Å². The molecular formula is C18H22FNO. The van der Waals surface area contributed by atoms with Crippen molar-refractivity contribution in [3.63, 3.8) is 0 Å². The lowest BCUT2D eigenvalue weighted by Gasteiger charge is -2.32. The Morgan fingerprint density at radius 2 is 1.86 bits per heavy atom. The molecule has 2 rings (SSSR count). The molecular weight excluding hydrogens is 265 g/mol. The molecule has 1 unspecified atom stereocenters. The fraction of sp³-hybridized carbons (Fsp3) is 0.333. The van der Waals surface area contributed by atoms with Crippen molar-refractivity contribution in [1.29, 1.82) is 0 Å². The SMILES string of the molecule is Cc1ccc(C)c(CC(CN)(CO)c2ccccc2F)c1. The van der Waals surface area contributed by atoms with E-state index in [9.17, 15) is 9.50 Å². The van der Waals surface area contributed by atoms with E-state index in [-0.39, 0.29) is 19.0 Å². The molecule has 0 spiro atoms. The highest BCUT2D eigenvalue weighted by Crippen LogP contribution is 2.30. The van der Waals surface area contributed by atoms with Gasteiger partial charge in [-0.05, 0) is 43.0 Å². The molecule has 0 saturated carbocycles. The molecule has 3 N–H and O–H groups in total. The van der Waals surface area contributed by atoms with E-state index in [1.54, 1.807) is 18.2 Å². The number of rotatable bonds is 5. The van der Waals surface area contributed by atoms with E-state index in [4.69, 9.17) is 5.73 Å². The minimum Gasteiger partial charge on any atom is -0.395 e. The zero-order chi connectivity index (χ0) is 15.5. The summed E-state index contributed by atoms with van der Waals surface area (Å²) in [5.74, 6) is -0.317. The highest BCUT2D eigenvalue weighted by Gasteiger charge is 2.33. The van der Waals surface area contributed by atoms with Crippen LogP contribution >= 0.6 is 0 Å². The van der Waals surface area contributed by atoms with Crippen LogP contribution in [0.3, 0.4) is 0 Å². The first-order valence-corrected chi connectivity index (χ1v) is 7.14. The Hall–Kier alpha value is -1.71. The summed E-state index contributed by atoms with van der Waals surface area (Å²) in [5.41, 5.74) is 8.99. The number of halogens is 1. The van der Waals surface area contributed by atoms with Gasteiger partial charge in [-0.3, -0.25) is 0 Å². The highest BCUT2D eigenvalue weighted by atomic mass is 19.1. The van der Waals surface area contributed by atoms with Gasteiger partial charge in [-0.1, -0.05) is 42.0 Å². The van der Waals surface area contributed by atoms with Crippen LogP contribution in [0.15, 0.2) is 42.5 Å². The van der Waals surface area contributed by atoms with Gasteiger partial charge in [0, 0.05) is 12.0 Å². The van der Waals surface area contributed by atoms with E-state index in [2.05, 4.69) is 6.07 Å². The molecule has 0 aliphatic heterocycles. The zero-order valence-electron chi connectivity index (χ0n) is 12.6. The van der Waals surface area contributed by atoms with E-state index in [1.807, 2.05) is 26.0 Å². The summed E-state index contributed by atoms with van der Waals surface area (Å²) in [6.45, 7) is 4.06. The summed E-state index contributed by atoms with van der Waals surface area (Å²) in [6.07, 6.45) is 0.522. The van der Waals surface area contributed by atoms with Crippen LogP contribution in [-0.2, 0) is 11.8 Å². The molecule has 2 aromatic rings. The third kappa shape index (κ3) is 3.14. The number of hydrogen-bond acceptors (Lipinski definition) is 2. The van der Waals surface area contributed by atoms with Crippen LogP contribution in [0.25, 0.3) is 0 Å². The topological polar surface area (TPSA) is 46.2 Å². The molecule has 0 bridgehead atoms. The van der Waals surface area contributed by atoms with Crippen molar-refractivity contribution in [3.05, 3.63) is 70.5 Å². The third-order valence-corrected chi connectivity index (χ3v) is 4.17. The Bertz CT molecular complexity index is 620. The van der Waals surface area contributed by atoms with Gasteiger partial charge in [0.05, 0.1) is 6.61 Å². The predicted molar refractivity (Wildman–Crippen MR) is 83.8 cm³/mol. The molecule has 21 heavy (non-hydrogen) atoms. The molecule has 0 fully saturated rings. The zero-order valence-corrected chi connectivity index (χ0v) is 12.6. The van der Waals surface area contributed by atoms with Gasteiger partial charge in [-0.25, -0.2) is 4.39 Å². The first kappa shape index (κ1) is 15.7. The smallest absolute Gasteiger partial charge is 0.127 e. The predicted octanol–water partition coefficient (Wildman–Crippen LogP) is 2.87. The quantitative estimate of drug-likeness (QED) is 0.888. The van der Waals surface area contributed by atoms with Crippen LogP contribution in [0.5, 0.6) is 0 Å². The second kappa shape index (κ2) is 6.37. The number of aliphatic hydroxyl groups is 1. The van der Waals surface area contributed by atoms with Gasteiger partial charge in [0.25, 0.3) is 0 Å². The van der Waals surface area contributed by atoms with Crippen LogP contribution in [0.4, 0.5) is 4.39 Å². The lowest BCUT2D eigenvalue weighted by atomic mass is 9.75. The Balaban J connectivity index is 2.48. The van der Waals surface area contributed by atoms with Crippen LogP contribution in [-0.4, -0.2) is 18.3 Å². The van der Waals surface area contributed by atoms with Crippen molar-refractivity contribution in [2.24, 2.45) is 5.73 Å². The summed E-state index contributed by atoms with van der Waals surface area (Å²) in [7, 11) is 0. The summed E-state index contributed by atoms with van der Waals surface area (Å²) in [4.78, 5) is 0. The van der Waals surface area contributed by atoms with Crippen LogP contribution in [0.2, 0.25) is 0 Å². The highest BCUT2D eigenvalue weighted by molar-refractivity contribution is 5.36. The summed E-state index contributed by atoms with van der Waals surface area (Å²) >= 11 is 0. The molecule has 0 aliphatic carbocycles. The van der Waals surface area contributed by atoms with Gasteiger partial charge >= 0.3 is 0 Å². The summed E-state index contributed by atoms with van der Waals surface area (Å²) < 4.78 is 14.2. The number of benzene rings is 2. The first-order valence-electron chi connectivity index (χ1n) is 7.14. The lowest BCUT2D eigenvalue weighted by molar-refractivity contribution is 0.192. The van der Waals surface area contributed by atoms with Gasteiger partial charge in [-0.15, -0.1) is 0 Å². The number of hydrogen-bond donors (Lipinski definition) is 2. The minimum absolute atomic E-state index is 0.183. The van der Waals surface area contributed by atoms with E-state index < -0.39 is 5.41 Å². The first-order chi connectivity index (χ1) is 10.0. The third-order valence-electron chi connectivity index (χ3n) is 4.17. The maximum Gasteiger partial charge on any atom is 0.127 e. The molecule has 0 amide bonds. The second-order valence-corrected chi connectivity index (χ2v) is 5.73. The van der Waals surface area contributed by atoms with E-state index in [0.717, 1.165) is 16.7 Å². The molecule has 0 aromatic heterocycles. The van der Waals surface area contributed by atoms with Gasteiger partial charge in [0.2, 0.25) is 0 Å². The van der Waals surface area contributed by atoms with E-state index in [1.165, 1.54) is 6.07 Å². The lowest BCUT2D eigenvalue weighted by Crippen LogP contribution is -2.42. The molecule has 112 valence electrons. The largest absolute Gasteiger partial charge is 0.395 e. The van der Waals surface area contributed by atoms with Crippen molar-refractivity contribution in [2.75, 3.05) is 13.2 Å². The normalized spacial score (nSPS) is 14.0. The van der Waals surface area contributed by atoms with Crippen molar-refractivity contribution in [1.82, 2.24) is 0 Å². The minimum atomic E-state index is -0.788. The second-order valence-electron chi connectivity index (χ2n) is 5.73. The molecule has 0 radical (unpaired) electrons. The molecule has 3 heteroatoms. The Morgan fingerprint density at radius 1 is 1.14 bits per heavy atom. The molecule has 0 saturated heterocycles. The van der Waals surface area contributed by atoms with Crippen molar-refractivity contribution >= 4 is 0 Å². The Kier molecular flexibility index (Phi) is 4.76. The average molecular weight is 287 g/mol. The van der Waals surface area contributed by atoms with E-state index in [0.29, 0.717) is 12.0 Å². The number of nitrogens with two attached hydrogens (primary N) is 1. The number of aryl methyl sites for hydroxylation is 2. The standard InChI is InChI=1S/C18H22FNO/c1-13-7-8-14(2)15(9-13)10-18(11-20,12-21)16-5-3-4-6-17(16)19/h3-9,21H,10-12,20H2,1-2H3. The molecule has 0 heterocycles. The fourth-order valence-electron chi connectivity index (χ4n) is 2.73. The summed E-state index contributed by atoms with van der Waals surface area (Å²) in [6, 6.07) is 12.7. The van der Waals surface area contributed by atoms with Gasteiger partial charge in [-0.2, -0.15) is 0 Å². The summed E-state index contributed by atoms with van der Waals surface area (Å²) in [5, 5.41) is 9.93.